The van der Waals surface area contributed by atoms with Crippen LogP contribution in [0.25, 0.3) is 0 Å². The van der Waals surface area contributed by atoms with Crippen molar-refractivity contribution in [3.8, 4) is 0 Å². The van der Waals surface area contributed by atoms with Crippen LogP contribution < -0.4 is 5.32 Å². The van der Waals surface area contributed by atoms with Gasteiger partial charge in [0, 0.05) is 19.4 Å². The minimum atomic E-state index is -1.22. The highest BCUT2D eigenvalue weighted by atomic mass is 16.5. The zero-order valence-electron chi connectivity index (χ0n) is 12.5. The van der Waals surface area contributed by atoms with E-state index in [1.165, 1.54) is 5.56 Å². The quantitative estimate of drug-likeness (QED) is 0.871. The molecular formula is C17H21NO4. The second-order valence-electron chi connectivity index (χ2n) is 6.39. The van der Waals surface area contributed by atoms with Gasteiger partial charge in [0.05, 0.1) is 6.61 Å². The van der Waals surface area contributed by atoms with Gasteiger partial charge in [-0.25, -0.2) is 4.79 Å². The van der Waals surface area contributed by atoms with E-state index >= 15 is 0 Å². The second kappa shape index (κ2) is 6.08. The molecule has 0 spiro atoms. The molecule has 1 aromatic rings. The summed E-state index contributed by atoms with van der Waals surface area (Å²) in [6, 6.07) is 10.3. The first-order chi connectivity index (χ1) is 10.6. The molecule has 0 aromatic heterocycles. The Kier molecular flexibility index (Phi) is 4.16. The second-order valence-corrected chi connectivity index (χ2v) is 6.39. The summed E-state index contributed by atoms with van der Waals surface area (Å²) in [6.07, 6.45) is 2.73. The van der Waals surface area contributed by atoms with Crippen molar-refractivity contribution in [2.75, 3.05) is 13.2 Å². The lowest BCUT2D eigenvalue weighted by atomic mass is 9.70. The minimum absolute atomic E-state index is 0.0609. The molecule has 22 heavy (non-hydrogen) atoms. The fourth-order valence-electron chi connectivity index (χ4n) is 3.37. The molecule has 118 valence electrons. The maximum atomic E-state index is 12.1. The molecule has 1 aliphatic heterocycles. The number of carboxylic acids is 1. The number of carbonyl (C=O) groups excluding carboxylic acids is 1. The summed E-state index contributed by atoms with van der Waals surface area (Å²) in [5.74, 6) is -0.306. The van der Waals surface area contributed by atoms with Crippen molar-refractivity contribution in [3.63, 3.8) is 0 Å². The first-order valence-corrected chi connectivity index (χ1v) is 7.76. The molecule has 1 unspecified atom stereocenters. The molecule has 2 fully saturated rings. The van der Waals surface area contributed by atoms with Crippen LogP contribution in [0.3, 0.4) is 0 Å². The number of carbonyl (C=O) groups is 2. The summed E-state index contributed by atoms with van der Waals surface area (Å²) in [4.78, 5) is 23.5. The molecule has 2 N–H and O–H groups in total. The molecule has 1 aliphatic carbocycles. The Morgan fingerprint density at radius 3 is 2.59 bits per heavy atom. The summed E-state index contributed by atoms with van der Waals surface area (Å²) in [6.45, 7) is 0.442. The van der Waals surface area contributed by atoms with Gasteiger partial charge in [0.1, 0.15) is 0 Å². The van der Waals surface area contributed by atoms with Crippen LogP contribution in [0.15, 0.2) is 30.3 Å². The van der Waals surface area contributed by atoms with E-state index in [1.54, 1.807) is 0 Å². The third-order valence-corrected chi connectivity index (χ3v) is 4.79. The number of benzene rings is 1. The molecule has 2 aliphatic rings. The van der Waals surface area contributed by atoms with Gasteiger partial charge in [-0.1, -0.05) is 30.3 Å². The van der Waals surface area contributed by atoms with Crippen molar-refractivity contribution in [1.29, 1.82) is 0 Å². The van der Waals surface area contributed by atoms with Gasteiger partial charge in [-0.2, -0.15) is 0 Å². The van der Waals surface area contributed by atoms with Gasteiger partial charge in [-0.15, -0.1) is 0 Å². The third kappa shape index (κ3) is 2.99. The van der Waals surface area contributed by atoms with Crippen molar-refractivity contribution in [1.82, 2.24) is 5.32 Å². The van der Waals surface area contributed by atoms with Gasteiger partial charge in [-0.05, 0) is 30.2 Å². The van der Waals surface area contributed by atoms with E-state index in [2.05, 4.69) is 17.4 Å². The van der Waals surface area contributed by atoms with E-state index < -0.39 is 11.5 Å². The van der Waals surface area contributed by atoms with Crippen LogP contribution in [0.2, 0.25) is 0 Å². The number of rotatable bonds is 5. The number of hydrogen-bond acceptors (Lipinski definition) is 3. The molecular weight excluding hydrogens is 282 g/mol. The van der Waals surface area contributed by atoms with E-state index in [4.69, 9.17) is 4.74 Å². The Morgan fingerprint density at radius 1 is 1.27 bits per heavy atom. The Balaban J connectivity index is 1.49. The van der Waals surface area contributed by atoms with Gasteiger partial charge in [0.2, 0.25) is 5.91 Å². The molecule has 1 heterocycles. The molecule has 1 aromatic carbocycles. The Labute approximate surface area is 129 Å². The van der Waals surface area contributed by atoms with Crippen LogP contribution in [0.4, 0.5) is 0 Å². The highest BCUT2D eigenvalue weighted by Gasteiger charge is 2.44. The maximum absolute atomic E-state index is 12.1. The average molecular weight is 303 g/mol. The fraction of sp³-hybridized carbons (Fsp3) is 0.529. The average Bonchev–Trinajstić information content (AvgIpc) is 2.93. The van der Waals surface area contributed by atoms with E-state index in [9.17, 15) is 14.7 Å². The van der Waals surface area contributed by atoms with Gasteiger partial charge in [0.15, 0.2) is 5.54 Å². The van der Waals surface area contributed by atoms with Crippen molar-refractivity contribution >= 4 is 11.9 Å². The molecule has 1 amide bonds. The molecule has 5 heteroatoms. The van der Waals surface area contributed by atoms with Crippen LogP contribution in [0, 0.1) is 5.92 Å². The zero-order chi connectivity index (χ0) is 15.6. The van der Waals surface area contributed by atoms with Crippen LogP contribution in [-0.4, -0.2) is 35.7 Å². The first-order valence-electron chi connectivity index (χ1n) is 7.76. The van der Waals surface area contributed by atoms with Crippen molar-refractivity contribution in [2.24, 2.45) is 5.92 Å². The summed E-state index contributed by atoms with van der Waals surface area (Å²) >= 11 is 0. The first kappa shape index (κ1) is 15.0. The Bertz CT molecular complexity index is 545. The number of carboxylic acid groups (broad SMARTS) is 1. The lowest BCUT2D eigenvalue weighted by Crippen LogP contribution is -2.55. The lowest BCUT2D eigenvalue weighted by molar-refractivity contribution is -0.147. The third-order valence-electron chi connectivity index (χ3n) is 4.79. The summed E-state index contributed by atoms with van der Waals surface area (Å²) in [5, 5.41) is 12.0. The number of ether oxygens (including phenoxy) is 1. The maximum Gasteiger partial charge on any atom is 0.331 e. The van der Waals surface area contributed by atoms with Crippen LogP contribution >= 0.6 is 0 Å². The Hall–Kier alpha value is -1.88. The van der Waals surface area contributed by atoms with E-state index in [0.717, 1.165) is 12.8 Å². The van der Waals surface area contributed by atoms with Gasteiger partial charge in [-0.3, -0.25) is 4.79 Å². The molecule has 1 saturated heterocycles. The topological polar surface area (TPSA) is 75.6 Å². The predicted molar refractivity (Wildman–Crippen MR) is 80.5 cm³/mol. The van der Waals surface area contributed by atoms with Crippen LogP contribution in [0.1, 0.15) is 37.2 Å². The standard InChI is InChI=1S/C17H21NO4/c19-15(18-17(16(20)21)6-7-22-11-17)10-12-8-14(9-12)13-4-2-1-3-5-13/h1-5,12,14H,6-11H2,(H,18,19)(H,20,21). The SMILES string of the molecule is O=C(CC1CC(c2ccccc2)C1)NC1(C(=O)O)CCOC1. The predicted octanol–water partition coefficient (Wildman–Crippen LogP) is 1.93. The van der Waals surface area contributed by atoms with Gasteiger partial charge < -0.3 is 15.2 Å². The molecule has 0 bridgehead atoms. The number of nitrogens with one attached hydrogen (secondary N) is 1. The smallest absolute Gasteiger partial charge is 0.331 e. The number of amides is 1. The highest BCUT2D eigenvalue weighted by molar-refractivity contribution is 5.87. The van der Waals surface area contributed by atoms with Gasteiger partial charge >= 0.3 is 5.97 Å². The lowest BCUT2D eigenvalue weighted by Gasteiger charge is -2.36. The molecule has 0 radical (unpaired) electrons. The summed E-state index contributed by atoms with van der Waals surface area (Å²) in [5.41, 5.74) is 0.102. The molecule has 5 nitrogen and oxygen atoms in total. The van der Waals surface area contributed by atoms with Gasteiger partial charge in [0.25, 0.3) is 0 Å². The number of aliphatic carboxylic acids is 1. The zero-order valence-corrected chi connectivity index (χ0v) is 12.5. The van der Waals surface area contributed by atoms with E-state index in [1.807, 2.05) is 18.2 Å². The van der Waals surface area contributed by atoms with E-state index in [0.29, 0.717) is 31.3 Å². The monoisotopic (exact) mass is 303 g/mol. The molecule has 1 atom stereocenters. The molecule has 1 saturated carbocycles. The van der Waals surface area contributed by atoms with Crippen molar-refractivity contribution in [2.45, 2.75) is 37.1 Å². The Morgan fingerprint density at radius 2 is 2.00 bits per heavy atom. The largest absolute Gasteiger partial charge is 0.479 e. The van der Waals surface area contributed by atoms with Crippen molar-refractivity contribution < 1.29 is 19.4 Å². The van der Waals surface area contributed by atoms with Crippen LogP contribution in [-0.2, 0) is 14.3 Å². The van der Waals surface area contributed by atoms with Crippen molar-refractivity contribution in [3.05, 3.63) is 35.9 Å². The normalized spacial score (nSPS) is 30.5. The van der Waals surface area contributed by atoms with E-state index in [-0.39, 0.29) is 12.5 Å². The highest BCUT2D eigenvalue weighted by Crippen LogP contribution is 2.43. The number of hydrogen-bond donors (Lipinski definition) is 2. The summed E-state index contributed by atoms with van der Waals surface area (Å²) in [7, 11) is 0. The minimum Gasteiger partial charge on any atom is -0.479 e. The summed E-state index contributed by atoms with van der Waals surface area (Å²) < 4.78 is 5.15. The van der Waals surface area contributed by atoms with Crippen LogP contribution in [0.5, 0.6) is 0 Å². The fourth-order valence-corrected chi connectivity index (χ4v) is 3.37. The molecule has 3 rings (SSSR count).